The molecule has 1 amide bonds. The highest BCUT2D eigenvalue weighted by atomic mass is 32.1. The molecule has 2 aromatic rings. The van der Waals surface area contributed by atoms with Crippen molar-refractivity contribution in [2.24, 2.45) is 7.05 Å². The average Bonchev–Trinajstić information content (AvgIpc) is 2.44. The fraction of sp³-hybridized carbons (Fsp3) is 0.214. The van der Waals surface area contributed by atoms with Gasteiger partial charge in [-0.2, -0.15) is 0 Å². The van der Waals surface area contributed by atoms with Gasteiger partial charge in [-0.25, -0.2) is 0 Å². The quantitative estimate of drug-likeness (QED) is 0.699. The molecule has 1 atom stereocenters. The number of aromatic nitrogens is 2. The Labute approximate surface area is 125 Å². The van der Waals surface area contributed by atoms with Gasteiger partial charge in [-0.05, 0) is 29.9 Å². The van der Waals surface area contributed by atoms with Gasteiger partial charge in [-0.3, -0.25) is 14.6 Å². The molecule has 0 spiro atoms. The Bertz CT molecular complexity index is 836. The molecule has 1 aromatic heterocycles. The predicted molar refractivity (Wildman–Crippen MR) is 80.1 cm³/mol. The van der Waals surface area contributed by atoms with Gasteiger partial charge in [0.15, 0.2) is 4.77 Å². The second-order valence-corrected chi connectivity index (χ2v) is 5.36. The van der Waals surface area contributed by atoms with Gasteiger partial charge in [0, 0.05) is 19.4 Å². The van der Waals surface area contributed by atoms with Gasteiger partial charge in [-0.15, -0.1) is 0 Å². The second kappa shape index (κ2) is 4.85. The number of carbonyl (C=O) groups excluding carboxylic acids is 1. The van der Waals surface area contributed by atoms with Crippen molar-refractivity contribution in [3.63, 3.8) is 0 Å². The first-order valence-corrected chi connectivity index (χ1v) is 6.80. The number of fused-ring (bicyclic) bond motifs is 1. The van der Waals surface area contributed by atoms with Crippen LogP contribution >= 0.6 is 12.2 Å². The van der Waals surface area contributed by atoms with Gasteiger partial charge in [0.05, 0.1) is 5.56 Å². The summed E-state index contributed by atoms with van der Waals surface area (Å²) in [4.78, 5) is 26.8. The normalized spacial score (nSPS) is 17.2. The molecule has 21 heavy (non-hydrogen) atoms. The molecule has 2 heterocycles. The minimum atomic E-state index is -0.361. The molecule has 1 aliphatic heterocycles. The van der Waals surface area contributed by atoms with E-state index in [1.165, 1.54) is 12.1 Å². The topological polar surface area (TPSA) is 87.1 Å². The van der Waals surface area contributed by atoms with E-state index in [9.17, 15) is 14.7 Å². The van der Waals surface area contributed by atoms with Crippen LogP contribution in [0.25, 0.3) is 0 Å². The summed E-state index contributed by atoms with van der Waals surface area (Å²) in [6.45, 7) is 0. The zero-order valence-corrected chi connectivity index (χ0v) is 12.0. The monoisotopic (exact) mass is 303 g/mol. The number of carbonyl (C=O) groups is 1. The molecule has 0 aliphatic carbocycles. The highest BCUT2D eigenvalue weighted by Gasteiger charge is 2.30. The van der Waals surface area contributed by atoms with Gasteiger partial charge in [-0.1, -0.05) is 12.1 Å². The third-order valence-electron chi connectivity index (χ3n) is 3.65. The molecule has 3 rings (SSSR count). The first-order chi connectivity index (χ1) is 9.97. The van der Waals surface area contributed by atoms with Gasteiger partial charge < -0.3 is 15.0 Å². The molecule has 1 aliphatic rings. The fourth-order valence-electron chi connectivity index (χ4n) is 2.57. The van der Waals surface area contributed by atoms with Crippen LogP contribution in [0.5, 0.6) is 5.75 Å². The van der Waals surface area contributed by atoms with E-state index in [1.54, 1.807) is 23.7 Å². The number of aromatic hydroxyl groups is 1. The molecular weight excluding hydrogens is 290 g/mol. The van der Waals surface area contributed by atoms with Gasteiger partial charge in [0.25, 0.3) is 5.56 Å². The summed E-state index contributed by atoms with van der Waals surface area (Å²) in [5.74, 6) is 0.0359. The molecule has 7 heteroatoms. The molecule has 0 saturated carbocycles. The Balaban J connectivity index is 2.25. The Morgan fingerprint density at radius 3 is 2.62 bits per heavy atom. The molecular formula is C14H13N3O3S. The minimum absolute atomic E-state index is 0.139. The Kier molecular flexibility index (Phi) is 3.13. The number of H-pyrrole nitrogens is 1. The molecule has 1 aromatic carbocycles. The number of aromatic amines is 1. The lowest BCUT2D eigenvalue weighted by atomic mass is 9.87. The number of benzene rings is 1. The maximum absolute atomic E-state index is 12.3. The van der Waals surface area contributed by atoms with Crippen LogP contribution in [0.1, 0.15) is 23.5 Å². The molecule has 0 radical (unpaired) electrons. The average molecular weight is 303 g/mol. The van der Waals surface area contributed by atoms with Crippen molar-refractivity contribution in [3.8, 4) is 5.75 Å². The highest BCUT2D eigenvalue weighted by Crippen LogP contribution is 2.34. The number of amides is 1. The third-order valence-corrected chi connectivity index (χ3v) is 4.03. The molecule has 3 N–H and O–H groups in total. The minimum Gasteiger partial charge on any atom is -0.508 e. The van der Waals surface area contributed by atoms with E-state index in [1.807, 2.05) is 0 Å². The maximum atomic E-state index is 12.3. The molecule has 0 fully saturated rings. The summed E-state index contributed by atoms with van der Waals surface area (Å²) < 4.78 is 1.83. The zero-order valence-electron chi connectivity index (χ0n) is 11.2. The Morgan fingerprint density at radius 1 is 1.29 bits per heavy atom. The van der Waals surface area contributed by atoms with Crippen LogP contribution in [0, 0.1) is 4.77 Å². The smallest absolute Gasteiger partial charge is 0.257 e. The van der Waals surface area contributed by atoms with Crippen molar-refractivity contribution >= 4 is 23.9 Å². The summed E-state index contributed by atoms with van der Waals surface area (Å²) in [6.07, 6.45) is 0.178. The first-order valence-electron chi connectivity index (χ1n) is 6.39. The van der Waals surface area contributed by atoms with Crippen LogP contribution in [-0.2, 0) is 11.8 Å². The number of nitrogens with one attached hydrogen (secondary N) is 2. The lowest BCUT2D eigenvalue weighted by Crippen LogP contribution is -2.33. The lowest BCUT2D eigenvalue weighted by molar-refractivity contribution is -0.116. The number of rotatable bonds is 1. The molecule has 0 bridgehead atoms. The van der Waals surface area contributed by atoms with Crippen LogP contribution in [0.2, 0.25) is 0 Å². The number of phenols is 1. The molecule has 1 unspecified atom stereocenters. The summed E-state index contributed by atoms with van der Waals surface area (Å²) in [5.41, 5.74) is 0.981. The Hall–Kier alpha value is -2.41. The van der Waals surface area contributed by atoms with E-state index in [2.05, 4.69) is 10.3 Å². The van der Waals surface area contributed by atoms with Gasteiger partial charge in [0.2, 0.25) is 5.91 Å². The number of hydrogen-bond acceptors (Lipinski definition) is 4. The molecule has 6 nitrogen and oxygen atoms in total. The van der Waals surface area contributed by atoms with Crippen LogP contribution in [0.3, 0.4) is 0 Å². The number of anilines is 1. The highest BCUT2D eigenvalue weighted by molar-refractivity contribution is 7.71. The van der Waals surface area contributed by atoms with E-state index in [0.29, 0.717) is 11.4 Å². The second-order valence-electron chi connectivity index (χ2n) is 4.98. The van der Waals surface area contributed by atoms with Crippen molar-refractivity contribution in [2.75, 3.05) is 5.32 Å². The van der Waals surface area contributed by atoms with Crippen molar-refractivity contribution < 1.29 is 9.90 Å². The lowest BCUT2D eigenvalue weighted by Gasteiger charge is -2.26. The predicted octanol–water partition coefficient (Wildman–Crippen LogP) is 1.62. The van der Waals surface area contributed by atoms with Crippen molar-refractivity contribution in [3.05, 3.63) is 50.5 Å². The van der Waals surface area contributed by atoms with E-state index >= 15 is 0 Å². The van der Waals surface area contributed by atoms with Crippen LogP contribution < -0.4 is 10.9 Å². The molecule has 0 saturated heterocycles. The standard InChI is InChI=1S/C14H13N3O3S/c1-17-12-11(13(20)16-14(17)21)9(6-10(19)15-12)7-2-4-8(18)5-3-7/h2-5,9,18H,6H2,1H3,(H,15,19)(H,16,20,21). The van der Waals surface area contributed by atoms with E-state index < -0.39 is 0 Å². The first kappa shape index (κ1) is 13.6. The maximum Gasteiger partial charge on any atom is 0.257 e. The SMILES string of the molecule is Cn1c2c(c(=O)[nH]c1=S)C(c1ccc(O)cc1)CC(=O)N2. The van der Waals surface area contributed by atoms with Crippen LogP contribution in [0.4, 0.5) is 5.82 Å². The van der Waals surface area contributed by atoms with Crippen molar-refractivity contribution in [1.29, 1.82) is 0 Å². The fourth-order valence-corrected chi connectivity index (χ4v) is 2.76. The summed E-state index contributed by atoms with van der Waals surface area (Å²) in [6, 6.07) is 6.50. The third kappa shape index (κ3) is 2.25. The summed E-state index contributed by atoms with van der Waals surface area (Å²) in [7, 11) is 1.69. The van der Waals surface area contributed by atoms with Crippen molar-refractivity contribution in [1.82, 2.24) is 9.55 Å². The van der Waals surface area contributed by atoms with E-state index in [0.717, 1.165) is 5.56 Å². The molecule has 108 valence electrons. The van der Waals surface area contributed by atoms with E-state index in [-0.39, 0.29) is 34.3 Å². The summed E-state index contributed by atoms with van der Waals surface area (Å²) >= 11 is 5.06. The van der Waals surface area contributed by atoms with Gasteiger partial charge in [0.1, 0.15) is 11.6 Å². The van der Waals surface area contributed by atoms with Crippen LogP contribution in [-0.4, -0.2) is 20.6 Å². The number of phenolic OH excluding ortho intramolecular Hbond substituents is 1. The van der Waals surface area contributed by atoms with E-state index in [4.69, 9.17) is 12.2 Å². The summed E-state index contributed by atoms with van der Waals surface area (Å²) in [5, 5.41) is 12.1. The Morgan fingerprint density at radius 2 is 1.95 bits per heavy atom. The number of nitrogens with zero attached hydrogens (tertiary/aromatic N) is 1. The van der Waals surface area contributed by atoms with Crippen molar-refractivity contribution in [2.45, 2.75) is 12.3 Å². The van der Waals surface area contributed by atoms with Crippen LogP contribution in [0.15, 0.2) is 29.1 Å². The number of hydrogen-bond donors (Lipinski definition) is 3. The zero-order chi connectivity index (χ0) is 15.1. The largest absolute Gasteiger partial charge is 0.508 e. The van der Waals surface area contributed by atoms with Gasteiger partial charge >= 0.3 is 0 Å².